The first-order chi connectivity index (χ1) is 7.33. The second-order valence-electron chi connectivity index (χ2n) is 3.45. The minimum atomic E-state index is 0.813. The molecule has 0 spiro atoms. The van der Waals surface area contributed by atoms with Crippen molar-refractivity contribution in [3.8, 4) is 0 Å². The van der Waals surface area contributed by atoms with Crippen LogP contribution in [-0.2, 0) is 6.42 Å². The monoisotopic (exact) mass is 223 g/mol. The van der Waals surface area contributed by atoms with Crippen LogP contribution in [0, 0.1) is 0 Å². The van der Waals surface area contributed by atoms with Gasteiger partial charge in [-0.15, -0.1) is 0 Å². The van der Waals surface area contributed by atoms with E-state index in [1.165, 1.54) is 5.56 Å². The van der Waals surface area contributed by atoms with E-state index in [1.807, 2.05) is 18.2 Å². The molecule has 0 saturated carbocycles. The highest BCUT2D eigenvalue weighted by Gasteiger charge is 1.90. The highest BCUT2D eigenvalue weighted by atomic mass is 35.5. The summed E-state index contributed by atoms with van der Waals surface area (Å²) in [5.74, 6) is 0. The normalized spacial score (nSPS) is 11.1. The quantitative estimate of drug-likeness (QED) is 0.576. The minimum absolute atomic E-state index is 0.813. The standard InChI is InChI=1S/C13H18ClN/c1-2-15-10-5-3-4-7-12-8-6-9-13(14)11-12/h3-4,6,8-9,11,15H,2,5,7,10H2,1H3. The summed E-state index contributed by atoms with van der Waals surface area (Å²) in [4.78, 5) is 0. The maximum atomic E-state index is 5.89. The van der Waals surface area contributed by atoms with Gasteiger partial charge in [0.15, 0.2) is 0 Å². The summed E-state index contributed by atoms with van der Waals surface area (Å²) in [6.07, 6.45) is 6.47. The molecule has 0 amide bonds. The molecule has 0 heterocycles. The molecule has 0 aliphatic rings. The second kappa shape index (κ2) is 7.49. The maximum absolute atomic E-state index is 5.89. The molecule has 0 aliphatic carbocycles. The van der Waals surface area contributed by atoms with Gasteiger partial charge in [0.25, 0.3) is 0 Å². The SMILES string of the molecule is CCNCCC=CCc1cccc(Cl)c1. The average molecular weight is 224 g/mol. The molecule has 0 radical (unpaired) electrons. The summed E-state index contributed by atoms with van der Waals surface area (Å²) >= 11 is 5.89. The second-order valence-corrected chi connectivity index (χ2v) is 3.88. The first kappa shape index (κ1) is 12.3. The molecule has 1 aromatic carbocycles. The number of hydrogen-bond acceptors (Lipinski definition) is 1. The van der Waals surface area contributed by atoms with Crippen LogP contribution in [0.15, 0.2) is 36.4 Å². The molecular formula is C13H18ClN. The molecule has 82 valence electrons. The number of hydrogen-bond donors (Lipinski definition) is 1. The first-order valence-corrected chi connectivity index (χ1v) is 5.81. The zero-order chi connectivity index (χ0) is 10.9. The van der Waals surface area contributed by atoms with Gasteiger partial charge in [0.05, 0.1) is 0 Å². The Morgan fingerprint density at radius 2 is 2.20 bits per heavy atom. The van der Waals surface area contributed by atoms with Crippen molar-refractivity contribution in [3.63, 3.8) is 0 Å². The van der Waals surface area contributed by atoms with E-state index in [0.29, 0.717) is 0 Å². The zero-order valence-corrected chi connectivity index (χ0v) is 9.93. The molecule has 1 N–H and O–H groups in total. The third-order valence-electron chi connectivity index (χ3n) is 2.15. The predicted molar refractivity (Wildman–Crippen MR) is 67.5 cm³/mol. The van der Waals surface area contributed by atoms with Crippen molar-refractivity contribution in [1.82, 2.24) is 5.32 Å². The van der Waals surface area contributed by atoms with Gasteiger partial charge in [-0.25, -0.2) is 0 Å². The van der Waals surface area contributed by atoms with E-state index < -0.39 is 0 Å². The third-order valence-corrected chi connectivity index (χ3v) is 2.38. The van der Waals surface area contributed by atoms with Gasteiger partial charge in [0.2, 0.25) is 0 Å². The smallest absolute Gasteiger partial charge is 0.0408 e. The predicted octanol–water partition coefficient (Wildman–Crippen LogP) is 3.44. The maximum Gasteiger partial charge on any atom is 0.0408 e. The molecule has 0 atom stereocenters. The van der Waals surface area contributed by atoms with Crippen molar-refractivity contribution < 1.29 is 0 Å². The van der Waals surface area contributed by atoms with Crippen LogP contribution in [0.1, 0.15) is 18.9 Å². The van der Waals surface area contributed by atoms with Crippen molar-refractivity contribution in [1.29, 1.82) is 0 Å². The number of rotatable bonds is 6. The summed E-state index contributed by atoms with van der Waals surface area (Å²) < 4.78 is 0. The highest BCUT2D eigenvalue weighted by molar-refractivity contribution is 6.30. The Hall–Kier alpha value is -0.790. The summed E-state index contributed by atoms with van der Waals surface area (Å²) in [7, 11) is 0. The first-order valence-electron chi connectivity index (χ1n) is 5.43. The molecule has 1 nitrogen and oxygen atoms in total. The van der Waals surface area contributed by atoms with Crippen LogP contribution in [0.5, 0.6) is 0 Å². The van der Waals surface area contributed by atoms with Crippen LogP contribution in [0.25, 0.3) is 0 Å². The van der Waals surface area contributed by atoms with Gasteiger partial charge in [-0.1, -0.05) is 42.8 Å². The molecule has 0 fully saturated rings. The fourth-order valence-corrected chi connectivity index (χ4v) is 1.58. The number of allylic oxidation sites excluding steroid dienone is 1. The number of nitrogens with one attached hydrogen (secondary N) is 1. The molecule has 0 unspecified atom stereocenters. The Morgan fingerprint density at radius 3 is 2.93 bits per heavy atom. The molecule has 0 saturated heterocycles. The molecule has 1 rings (SSSR count). The fourth-order valence-electron chi connectivity index (χ4n) is 1.36. The zero-order valence-electron chi connectivity index (χ0n) is 9.17. The molecule has 0 aromatic heterocycles. The van der Waals surface area contributed by atoms with Crippen molar-refractivity contribution in [2.24, 2.45) is 0 Å². The lowest BCUT2D eigenvalue weighted by molar-refractivity contribution is 0.726. The number of benzene rings is 1. The minimum Gasteiger partial charge on any atom is -0.317 e. The van der Waals surface area contributed by atoms with E-state index in [9.17, 15) is 0 Å². The van der Waals surface area contributed by atoms with Gasteiger partial charge >= 0.3 is 0 Å². The molecular weight excluding hydrogens is 206 g/mol. The van der Waals surface area contributed by atoms with Gasteiger partial charge < -0.3 is 5.32 Å². The van der Waals surface area contributed by atoms with Crippen molar-refractivity contribution >= 4 is 11.6 Å². The lowest BCUT2D eigenvalue weighted by Gasteiger charge is -1.97. The van der Waals surface area contributed by atoms with Crippen molar-refractivity contribution in [2.45, 2.75) is 19.8 Å². The van der Waals surface area contributed by atoms with Crippen LogP contribution in [0.3, 0.4) is 0 Å². The summed E-state index contributed by atoms with van der Waals surface area (Å²) in [5, 5.41) is 4.10. The third kappa shape index (κ3) is 5.60. The van der Waals surface area contributed by atoms with Crippen LogP contribution < -0.4 is 5.32 Å². The van der Waals surface area contributed by atoms with E-state index >= 15 is 0 Å². The molecule has 0 aliphatic heterocycles. The summed E-state index contributed by atoms with van der Waals surface area (Å²) in [5.41, 5.74) is 1.27. The lowest BCUT2D eigenvalue weighted by atomic mass is 10.1. The Morgan fingerprint density at radius 1 is 1.33 bits per heavy atom. The van der Waals surface area contributed by atoms with Crippen molar-refractivity contribution in [3.05, 3.63) is 47.0 Å². The largest absolute Gasteiger partial charge is 0.317 e. The van der Waals surface area contributed by atoms with E-state index in [1.54, 1.807) is 0 Å². The van der Waals surface area contributed by atoms with E-state index in [4.69, 9.17) is 11.6 Å². The fraction of sp³-hybridized carbons (Fsp3) is 0.385. The Labute approximate surface area is 97.1 Å². The number of halogens is 1. The Bertz CT molecular complexity index is 307. The van der Waals surface area contributed by atoms with Crippen LogP contribution in [0.2, 0.25) is 5.02 Å². The summed E-state index contributed by atoms with van der Waals surface area (Å²) in [6.45, 7) is 4.22. The van der Waals surface area contributed by atoms with Gasteiger partial charge in [0.1, 0.15) is 0 Å². The van der Waals surface area contributed by atoms with Gasteiger partial charge in [-0.05, 0) is 43.6 Å². The van der Waals surface area contributed by atoms with Crippen LogP contribution in [-0.4, -0.2) is 13.1 Å². The molecule has 2 heteroatoms. The van der Waals surface area contributed by atoms with Gasteiger partial charge in [-0.2, -0.15) is 0 Å². The van der Waals surface area contributed by atoms with Gasteiger partial charge in [-0.3, -0.25) is 0 Å². The topological polar surface area (TPSA) is 12.0 Å². The Kier molecular flexibility index (Phi) is 6.14. The molecule has 15 heavy (non-hydrogen) atoms. The molecule has 0 bridgehead atoms. The van der Waals surface area contributed by atoms with Crippen LogP contribution >= 0.6 is 11.6 Å². The van der Waals surface area contributed by atoms with Gasteiger partial charge in [0, 0.05) is 5.02 Å². The lowest BCUT2D eigenvalue weighted by Crippen LogP contribution is -2.12. The highest BCUT2D eigenvalue weighted by Crippen LogP contribution is 2.11. The Balaban J connectivity index is 2.24. The van der Waals surface area contributed by atoms with E-state index in [2.05, 4.69) is 30.5 Å². The van der Waals surface area contributed by atoms with Crippen molar-refractivity contribution in [2.75, 3.05) is 13.1 Å². The van der Waals surface area contributed by atoms with Crippen LogP contribution in [0.4, 0.5) is 0 Å². The van der Waals surface area contributed by atoms with E-state index in [-0.39, 0.29) is 0 Å². The summed E-state index contributed by atoms with van der Waals surface area (Å²) in [6, 6.07) is 8.00. The van der Waals surface area contributed by atoms with E-state index in [0.717, 1.165) is 31.0 Å². The molecule has 1 aromatic rings. The average Bonchev–Trinajstić information content (AvgIpc) is 2.23.